The summed E-state index contributed by atoms with van der Waals surface area (Å²) in [4.78, 5) is 0. The molecule has 1 aliphatic heterocycles. The van der Waals surface area contributed by atoms with Gasteiger partial charge in [-0.3, -0.25) is 0 Å². The van der Waals surface area contributed by atoms with Crippen LogP contribution in [0.2, 0.25) is 0 Å². The Morgan fingerprint density at radius 2 is 2.07 bits per heavy atom. The summed E-state index contributed by atoms with van der Waals surface area (Å²) in [6, 6.07) is 9.20. The fourth-order valence-electron chi connectivity index (χ4n) is 2.05. The summed E-state index contributed by atoms with van der Waals surface area (Å²) < 4.78 is 13.0. The van der Waals surface area contributed by atoms with Crippen molar-refractivity contribution in [3.63, 3.8) is 0 Å². The average Bonchev–Trinajstić information content (AvgIpc) is 3.01. The van der Waals surface area contributed by atoms with Crippen molar-refractivity contribution in [2.75, 3.05) is 5.75 Å². The number of hydrogen-bond donors (Lipinski definition) is 0. The van der Waals surface area contributed by atoms with Gasteiger partial charge in [-0.1, -0.05) is 18.2 Å². The van der Waals surface area contributed by atoms with Crippen LogP contribution in [0.3, 0.4) is 0 Å². The lowest BCUT2D eigenvalue weighted by Crippen LogP contribution is -1.88. The van der Waals surface area contributed by atoms with Crippen LogP contribution in [0, 0.1) is 12.7 Å². The lowest BCUT2D eigenvalue weighted by molar-refractivity contribution is 0.629. The lowest BCUT2D eigenvalue weighted by Gasteiger charge is -2.07. The van der Waals surface area contributed by atoms with E-state index < -0.39 is 0 Å². The third-order valence-corrected chi connectivity index (χ3v) is 3.89. The van der Waals surface area contributed by atoms with Gasteiger partial charge in [0.25, 0.3) is 0 Å². The van der Waals surface area contributed by atoms with Gasteiger partial charge in [-0.05, 0) is 41.0 Å². The molecule has 76 valence electrons. The number of benzene rings is 2. The summed E-state index contributed by atoms with van der Waals surface area (Å²) in [6.45, 7) is 2.13. The number of aryl methyl sites for hydroxylation is 1. The largest absolute Gasteiger partial charge is 0.207 e. The Hall–Kier alpha value is -1.02. The molecule has 0 nitrogen and oxygen atoms in total. The zero-order chi connectivity index (χ0) is 10.4. The fourth-order valence-corrected chi connectivity index (χ4v) is 2.76. The molecule has 0 spiro atoms. The highest BCUT2D eigenvalue weighted by molar-refractivity contribution is 8.06. The maximum absolute atomic E-state index is 13.0. The first-order valence-electron chi connectivity index (χ1n) is 5.06. The first-order chi connectivity index (χ1) is 7.25. The maximum atomic E-state index is 13.0. The molecule has 1 atom stereocenters. The van der Waals surface area contributed by atoms with Gasteiger partial charge in [0.2, 0.25) is 0 Å². The molecule has 0 N–H and O–H groups in total. The van der Waals surface area contributed by atoms with Crippen molar-refractivity contribution in [3.8, 4) is 0 Å². The van der Waals surface area contributed by atoms with Crippen molar-refractivity contribution in [1.29, 1.82) is 0 Å². The molecule has 0 amide bonds. The topological polar surface area (TPSA) is 0 Å². The van der Waals surface area contributed by atoms with E-state index in [1.54, 1.807) is 12.1 Å². The van der Waals surface area contributed by atoms with Crippen LogP contribution in [0.25, 0.3) is 10.8 Å². The summed E-state index contributed by atoms with van der Waals surface area (Å²) in [5.41, 5.74) is 2.72. The van der Waals surface area contributed by atoms with Gasteiger partial charge in [0, 0.05) is 11.0 Å². The van der Waals surface area contributed by atoms with Gasteiger partial charge in [-0.15, -0.1) is 0 Å². The van der Waals surface area contributed by atoms with Crippen molar-refractivity contribution in [3.05, 3.63) is 47.3 Å². The monoisotopic (exact) mass is 218 g/mol. The Bertz CT molecular complexity index is 529. The Morgan fingerprint density at radius 3 is 2.80 bits per heavy atom. The molecule has 2 aromatic rings. The number of halogens is 1. The van der Waals surface area contributed by atoms with Gasteiger partial charge >= 0.3 is 0 Å². The number of fused-ring (bicyclic) bond motifs is 1. The highest BCUT2D eigenvalue weighted by atomic mass is 32.2. The van der Waals surface area contributed by atoms with E-state index in [0.29, 0.717) is 5.25 Å². The SMILES string of the molecule is Cc1c(C2CS2)ccc2cc(F)ccc12. The molecule has 0 aliphatic carbocycles. The van der Waals surface area contributed by atoms with Crippen molar-refractivity contribution >= 4 is 22.5 Å². The van der Waals surface area contributed by atoms with Crippen LogP contribution in [0.5, 0.6) is 0 Å². The lowest BCUT2D eigenvalue weighted by atomic mass is 9.99. The van der Waals surface area contributed by atoms with Gasteiger partial charge in [-0.25, -0.2) is 4.39 Å². The van der Waals surface area contributed by atoms with E-state index in [1.165, 1.54) is 22.3 Å². The minimum atomic E-state index is -0.157. The van der Waals surface area contributed by atoms with Crippen LogP contribution in [-0.4, -0.2) is 5.75 Å². The Kier molecular flexibility index (Phi) is 1.99. The standard InChI is InChI=1S/C13H11FS/c1-8-11-5-3-10(14)6-9(11)2-4-12(8)13-7-15-13/h2-6,13H,7H2,1H3. The molecule has 2 aromatic carbocycles. The van der Waals surface area contributed by atoms with Crippen molar-refractivity contribution in [2.45, 2.75) is 12.2 Å². The maximum Gasteiger partial charge on any atom is 0.123 e. The Morgan fingerprint density at radius 1 is 1.27 bits per heavy atom. The molecular weight excluding hydrogens is 207 g/mol. The minimum absolute atomic E-state index is 0.157. The smallest absolute Gasteiger partial charge is 0.123 e. The number of rotatable bonds is 1. The molecule has 1 unspecified atom stereocenters. The van der Waals surface area contributed by atoms with Gasteiger partial charge in [-0.2, -0.15) is 11.8 Å². The normalized spacial score (nSPS) is 19.5. The van der Waals surface area contributed by atoms with Crippen LogP contribution < -0.4 is 0 Å². The van der Waals surface area contributed by atoms with Crippen LogP contribution in [0.15, 0.2) is 30.3 Å². The molecule has 1 fully saturated rings. The van der Waals surface area contributed by atoms with Crippen LogP contribution in [0.1, 0.15) is 16.4 Å². The second kappa shape index (κ2) is 3.24. The van der Waals surface area contributed by atoms with E-state index >= 15 is 0 Å². The van der Waals surface area contributed by atoms with E-state index in [0.717, 1.165) is 5.39 Å². The van der Waals surface area contributed by atoms with Gasteiger partial charge in [0.05, 0.1) is 0 Å². The molecule has 0 aromatic heterocycles. The van der Waals surface area contributed by atoms with Crippen molar-refractivity contribution < 1.29 is 4.39 Å². The summed E-state index contributed by atoms with van der Waals surface area (Å²) >= 11 is 1.97. The summed E-state index contributed by atoms with van der Waals surface area (Å²) in [5.74, 6) is 1.07. The first-order valence-corrected chi connectivity index (χ1v) is 6.11. The predicted octanol–water partition coefficient (Wildman–Crippen LogP) is 4.08. The third kappa shape index (κ3) is 1.53. The van der Waals surface area contributed by atoms with Gasteiger partial charge < -0.3 is 0 Å². The fraction of sp³-hybridized carbons (Fsp3) is 0.231. The summed E-state index contributed by atoms with van der Waals surface area (Å²) in [5, 5.41) is 2.86. The Labute approximate surface area is 92.5 Å². The first kappa shape index (κ1) is 9.22. The quantitative estimate of drug-likeness (QED) is 0.650. The summed E-state index contributed by atoms with van der Waals surface area (Å²) in [6.07, 6.45) is 0. The molecule has 2 heteroatoms. The molecule has 1 aliphatic rings. The number of thioether (sulfide) groups is 1. The van der Waals surface area contributed by atoms with Crippen molar-refractivity contribution in [1.82, 2.24) is 0 Å². The van der Waals surface area contributed by atoms with Gasteiger partial charge in [0.15, 0.2) is 0 Å². The zero-order valence-electron chi connectivity index (χ0n) is 8.46. The van der Waals surface area contributed by atoms with E-state index in [9.17, 15) is 4.39 Å². The van der Waals surface area contributed by atoms with E-state index in [4.69, 9.17) is 0 Å². The van der Waals surface area contributed by atoms with E-state index in [2.05, 4.69) is 13.0 Å². The van der Waals surface area contributed by atoms with E-state index in [1.807, 2.05) is 23.9 Å². The molecule has 0 bridgehead atoms. The minimum Gasteiger partial charge on any atom is -0.207 e. The van der Waals surface area contributed by atoms with E-state index in [-0.39, 0.29) is 5.82 Å². The van der Waals surface area contributed by atoms with Crippen LogP contribution in [-0.2, 0) is 0 Å². The molecule has 1 saturated heterocycles. The molecule has 1 heterocycles. The second-order valence-electron chi connectivity index (χ2n) is 3.97. The molecule has 15 heavy (non-hydrogen) atoms. The zero-order valence-corrected chi connectivity index (χ0v) is 9.27. The molecule has 3 rings (SSSR count). The average molecular weight is 218 g/mol. The highest BCUT2D eigenvalue weighted by Crippen LogP contribution is 2.48. The second-order valence-corrected chi connectivity index (χ2v) is 5.20. The van der Waals surface area contributed by atoms with Gasteiger partial charge in [0.1, 0.15) is 5.82 Å². The van der Waals surface area contributed by atoms with Crippen LogP contribution >= 0.6 is 11.8 Å². The van der Waals surface area contributed by atoms with Crippen molar-refractivity contribution in [2.24, 2.45) is 0 Å². The Balaban J connectivity index is 2.27. The predicted molar refractivity (Wildman–Crippen MR) is 63.8 cm³/mol. The van der Waals surface area contributed by atoms with Crippen LogP contribution in [0.4, 0.5) is 4.39 Å². The molecular formula is C13H11FS. The molecule has 0 radical (unpaired) electrons. The number of hydrogen-bond acceptors (Lipinski definition) is 1. The summed E-state index contributed by atoms with van der Waals surface area (Å²) in [7, 11) is 0. The third-order valence-electron chi connectivity index (χ3n) is 2.97. The highest BCUT2D eigenvalue weighted by Gasteiger charge is 2.26. The molecule has 0 saturated carbocycles.